The predicted octanol–water partition coefficient (Wildman–Crippen LogP) is 3.92. The highest BCUT2D eigenvalue weighted by molar-refractivity contribution is 7.12. The van der Waals surface area contributed by atoms with E-state index in [2.05, 4.69) is 0 Å². The first-order valence-corrected chi connectivity index (χ1v) is 11.2. The summed E-state index contributed by atoms with van der Waals surface area (Å²) < 4.78 is 62.8. The van der Waals surface area contributed by atoms with Crippen LogP contribution in [0.25, 0.3) is 0 Å². The number of fused-ring (bicyclic) bond motifs is 5. The van der Waals surface area contributed by atoms with Crippen molar-refractivity contribution >= 4 is 17.2 Å². The summed E-state index contributed by atoms with van der Waals surface area (Å²) in [6, 6.07) is 4.85. The van der Waals surface area contributed by atoms with Crippen LogP contribution in [-0.2, 0) is 0 Å². The van der Waals surface area contributed by atoms with Gasteiger partial charge in [-0.1, -0.05) is 6.08 Å². The van der Waals surface area contributed by atoms with Crippen molar-refractivity contribution in [1.82, 2.24) is 9.58 Å². The first-order valence-electron chi connectivity index (χ1n) is 10.4. The molecule has 0 radical (unpaired) electrons. The number of halogens is 4. The van der Waals surface area contributed by atoms with Crippen molar-refractivity contribution in [2.24, 2.45) is 0 Å². The number of alkyl halides is 2. The van der Waals surface area contributed by atoms with Crippen LogP contribution in [0.2, 0.25) is 0 Å². The highest BCUT2D eigenvalue weighted by Crippen LogP contribution is 2.42. The van der Waals surface area contributed by atoms with Crippen LogP contribution in [-0.4, -0.2) is 40.4 Å². The quantitative estimate of drug-likeness (QED) is 0.421. The van der Waals surface area contributed by atoms with Gasteiger partial charge in [0.1, 0.15) is 19.3 Å². The number of thiophene rings is 1. The van der Waals surface area contributed by atoms with Crippen molar-refractivity contribution < 1.29 is 32.2 Å². The molecule has 0 aliphatic carbocycles. The summed E-state index contributed by atoms with van der Waals surface area (Å²) in [5, 5.41) is 12.0. The van der Waals surface area contributed by atoms with Crippen LogP contribution in [0.5, 0.6) is 11.5 Å². The molecule has 2 aliphatic heterocycles. The minimum Gasteiger partial charge on any atom is -0.502 e. The Morgan fingerprint density at radius 2 is 1.89 bits per heavy atom. The molecule has 182 valence electrons. The first kappa shape index (κ1) is 23.0. The van der Waals surface area contributed by atoms with E-state index in [-0.39, 0.29) is 36.0 Å². The zero-order valence-corrected chi connectivity index (χ0v) is 18.6. The summed E-state index contributed by atoms with van der Waals surface area (Å²) in [6.07, 6.45) is 1.59. The van der Waals surface area contributed by atoms with Gasteiger partial charge >= 0.3 is 0 Å². The fraction of sp³-hybridized carbons (Fsp3) is 0.217. The molecular weight excluding hydrogens is 490 g/mol. The standard InChI is InChI=1S/C23H17F4N3O4S/c24-13-4-3-12-18(15-5-6-16(35-15)22(26)27)30-11-28(8-1-2-10-34-21(12)17(13)25)23(33)19-20(32)14(31)7-9-29(19)30/h1-7,9,18,22,32H,8,10-11H2/b2-1-/t18-/m0/s1. The molecule has 3 aromatic rings. The maximum Gasteiger partial charge on any atom is 0.278 e. The molecule has 2 aliphatic rings. The molecule has 7 nitrogen and oxygen atoms in total. The Morgan fingerprint density at radius 1 is 1.09 bits per heavy atom. The Labute approximate surface area is 199 Å². The third-order valence-corrected chi connectivity index (χ3v) is 6.90. The Balaban J connectivity index is 1.81. The van der Waals surface area contributed by atoms with Crippen LogP contribution in [0.4, 0.5) is 17.6 Å². The third-order valence-electron chi connectivity index (χ3n) is 5.76. The van der Waals surface area contributed by atoms with Crippen LogP contribution in [0, 0.1) is 11.6 Å². The van der Waals surface area contributed by atoms with Gasteiger partial charge in [-0.3, -0.25) is 19.3 Å². The van der Waals surface area contributed by atoms with E-state index >= 15 is 0 Å². The zero-order chi connectivity index (χ0) is 24.9. The molecule has 0 spiro atoms. The fourth-order valence-electron chi connectivity index (χ4n) is 4.14. The van der Waals surface area contributed by atoms with Crippen LogP contribution in [0.15, 0.2) is 53.5 Å². The van der Waals surface area contributed by atoms with E-state index in [1.54, 1.807) is 6.08 Å². The van der Waals surface area contributed by atoms with Crippen LogP contribution in [0.3, 0.4) is 0 Å². The number of hydrogen-bond donors (Lipinski definition) is 1. The number of amides is 1. The molecule has 1 atom stereocenters. The largest absolute Gasteiger partial charge is 0.502 e. The zero-order valence-electron chi connectivity index (χ0n) is 17.8. The summed E-state index contributed by atoms with van der Waals surface area (Å²) in [7, 11) is 0. The molecule has 0 unspecified atom stereocenters. The molecule has 12 heteroatoms. The minimum absolute atomic E-state index is 0.0495. The highest BCUT2D eigenvalue weighted by Gasteiger charge is 2.38. The summed E-state index contributed by atoms with van der Waals surface area (Å²) in [4.78, 5) is 26.7. The van der Waals surface area contributed by atoms with Crippen LogP contribution >= 0.6 is 11.3 Å². The number of rotatable bonds is 2. The second kappa shape index (κ2) is 8.77. The topological polar surface area (TPSA) is 75.0 Å². The normalized spacial score (nSPS) is 18.5. The second-order valence-electron chi connectivity index (χ2n) is 7.84. The highest BCUT2D eigenvalue weighted by atomic mass is 32.1. The van der Waals surface area contributed by atoms with Gasteiger partial charge in [0.25, 0.3) is 12.3 Å². The van der Waals surface area contributed by atoms with E-state index in [1.807, 2.05) is 0 Å². The molecule has 1 amide bonds. The molecule has 1 aromatic carbocycles. The molecule has 1 N–H and O–H groups in total. The van der Waals surface area contributed by atoms with Gasteiger partial charge in [-0.2, -0.15) is 4.39 Å². The number of ether oxygens (including phenoxy) is 1. The van der Waals surface area contributed by atoms with E-state index < -0.39 is 46.9 Å². The lowest BCUT2D eigenvalue weighted by atomic mass is 10.0. The van der Waals surface area contributed by atoms with Crippen molar-refractivity contribution in [3.05, 3.63) is 91.6 Å². The lowest BCUT2D eigenvalue weighted by molar-refractivity contribution is 0.0701. The number of aromatic hydroxyl groups is 1. The maximum atomic E-state index is 14.9. The molecule has 2 aromatic heterocycles. The monoisotopic (exact) mass is 507 g/mol. The number of carbonyl (C=O) groups excluding carboxylic acids is 1. The average Bonchev–Trinajstić information content (AvgIpc) is 3.30. The maximum absolute atomic E-state index is 14.9. The molecule has 5 rings (SSSR count). The molecule has 0 saturated heterocycles. The smallest absolute Gasteiger partial charge is 0.278 e. The Hall–Kier alpha value is -3.80. The number of hydrogen-bond acceptors (Lipinski definition) is 6. The summed E-state index contributed by atoms with van der Waals surface area (Å²) >= 11 is 0.762. The van der Waals surface area contributed by atoms with Gasteiger partial charge in [0.15, 0.2) is 23.0 Å². The molecule has 4 heterocycles. The van der Waals surface area contributed by atoms with Crippen molar-refractivity contribution in [2.45, 2.75) is 12.5 Å². The lowest BCUT2D eigenvalue weighted by Crippen LogP contribution is -2.55. The van der Waals surface area contributed by atoms with Gasteiger partial charge in [0.2, 0.25) is 11.2 Å². The van der Waals surface area contributed by atoms with E-state index in [0.29, 0.717) is 4.88 Å². The van der Waals surface area contributed by atoms with Crippen molar-refractivity contribution in [3.8, 4) is 11.5 Å². The Kier molecular flexibility index (Phi) is 5.75. The first-order chi connectivity index (χ1) is 16.8. The van der Waals surface area contributed by atoms with Gasteiger partial charge in [-0.15, -0.1) is 11.3 Å². The number of pyridine rings is 1. The van der Waals surface area contributed by atoms with Crippen molar-refractivity contribution in [2.75, 3.05) is 24.8 Å². The van der Waals surface area contributed by atoms with E-state index in [1.165, 1.54) is 45.1 Å². The molecule has 2 bridgehead atoms. The van der Waals surface area contributed by atoms with Gasteiger partial charge in [0.05, 0.1) is 4.88 Å². The number of aromatic nitrogens is 1. The van der Waals surface area contributed by atoms with Gasteiger partial charge < -0.3 is 14.7 Å². The number of benzene rings is 1. The lowest BCUT2D eigenvalue weighted by Gasteiger charge is -2.43. The van der Waals surface area contributed by atoms with Gasteiger partial charge in [-0.25, -0.2) is 13.2 Å². The fourth-order valence-corrected chi connectivity index (χ4v) is 5.13. The Morgan fingerprint density at radius 3 is 2.63 bits per heavy atom. The number of nitrogens with zero attached hydrogens (tertiary/aromatic N) is 3. The van der Waals surface area contributed by atoms with Gasteiger partial charge in [0, 0.05) is 29.2 Å². The average molecular weight is 507 g/mol. The molecular formula is C23H17F4N3O4S. The molecule has 35 heavy (non-hydrogen) atoms. The summed E-state index contributed by atoms with van der Waals surface area (Å²) in [5.41, 5.74) is -1.01. The van der Waals surface area contributed by atoms with Crippen molar-refractivity contribution in [3.63, 3.8) is 0 Å². The van der Waals surface area contributed by atoms with Crippen LogP contribution < -0.4 is 15.2 Å². The minimum atomic E-state index is -2.76. The summed E-state index contributed by atoms with van der Waals surface area (Å²) in [6.45, 7) is -0.220. The summed E-state index contributed by atoms with van der Waals surface area (Å²) in [5.74, 6) is -4.24. The van der Waals surface area contributed by atoms with Crippen LogP contribution in [0.1, 0.15) is 38.3 Å². The van der Waals surface area contributed by atoms with E-state index in [4.69, 9.17) is 4.74 Å². The third kappa shape index (κ3) is 3.83. The van der Waals surface area contributed by atoms with E-state index in [9.17, 15) is 32.3 Å². The number of carbonyl (C=O) groups is 1. The molecule has 0 fully saturated rings. The van der Waals surface area contributed by atoms with Crippen molar-refractivity contribution in [1.29, 1.82) is 0 Å². The predicted molar refractivity (Wildman–Crippen MR) is 119 cm³/mol. The molecule has 0 saturated carbocycles. The SMILES string of the molecule is O=C1c2c(O)c(=O)ccn2N2CN1C/C=C\COc1c(ccc(F)c1F)[C@H]2c1ccc(C(F)F)s1. The Bertz CT molecular complexity index is 1400. The second-order valence-corrected chi connectivity index (χ2v) is 8.98. The van der Waals surface area contributed by atoms with E-state index in [0.717, 1.165) is 23.5 Å². The van der Waals surface area contributed by atoms with Gasteiger partial charge in [-0.05, 0) is 30.3 Å².